The van der Waals surface area contributed by atoms with Crippen molar-refractivity contribution in [3.05, 3.63) is 48.1 Å². The van der Waals surface area contributed by atoms with Crippen molar-refractivity contribution in [2.45, 2.75) is 38.8 Å². The molecule has 1 saturated heterocycles. The Labute approximate surface area is 154 Å². The Morgan fingerprint density at radius 2 is 2.26 bits per heavy atom. The summed E-state index contributed by atoms with van der Waals surface area (Å²) in [4.78, 5) is 17.7. The number of H-pyrrole nitrogens is 1. The van der Waals surface area contributed by atoms with Gasteiger partial charge in [-0.15, -0.1) is 0 Å². The lowest BCUT2D eigenvalue weighted by Crippen LogP contribution is -2.43. The van der Waals surface area contributed by atoms with Crippen LogP contribution in [0.15, 0.2) is 36.6 Å². The van der Waals surface area contributed by atoms with Crippen LogP contribution in [0.25, 0.3) is 0 Å². The van der Waals surface area contributed by atoms with Gasteiger partial charge in [0.15, 0.2) is 0 Å². The number of morpholine rings is 1. The van der Waals surface area contributed by atoms with Gasteiger partial charge in [-0.3, -0.25) is 0 Å². The molecule has 0 bridgehead atoms. The fourth-order valence-electron chi connectivity index (χ4n) is 2.78. The second-order valence-corrected chi connectivity index (χ2v) is 6.38. The molecule has 27 heavy (non-hydrogen) atoms. The molecule has 0 amide bonds. The van der Waals surface area contributed by atoms with E-state index in [1.807, 2.05) is 6.92 Å². The van der Waals surface area contributed by atoms with Gasteiger partial charge in [0.1, 0.15) is 17.7 Å². The molecule has 7 nitrogen and oxygen atoms in total. The summed E-state index contributed by atoms with van der Waals surface area (Å²) in [5.41, 5.74) is 0.179. The van der Waals surface area contributed by atoms with Crippen molar-refractivity contribution in [2.75, 3.05) is 18.0 Å². The monoisotopic (exact) mass is 382 g/mol. The molecule has 2 aromatic rings. The number of aromatic amines is 1. The number of alkyl halides is 3. The maximum Gasteiger partial charge on any atom is 0.413 e. The Morgan fingerprint density at radius 1 is 1.44 bits per heavy atom. The van der Waals surface area contributed by atoms with Crippen LogP contribution in [0.5, 0.6) is 0 Å². The van der Waals surface area contributed by atoms with Crippen molar-refractivity contribution in [1.82, 2.24) is 25.3 Å². The van der Waals surface area contributed by atoms with Crippen LogP contribution in [0.2, 0.25) is 0 Å². The van der Waals surface area contributed by atoms with E-state index < -0.39 is 11.7 Å². The molecule has 146 valence electrons. The minimum Gasteiger partial charge on any atom is -0.383 e. The van der Waals surface area contributed by atoms with Crippen LogP contribution in [-0.2, 0) is 11.3 Å². The first kappa shape index (κ1) is 19.2. The van der Waals surface area contributed by atoms with Crippen LogP contribution in [0.1, 0.15) is 31.5 Å². The van der Waals surface area contributed by atoms with Gasteiger partial charge < -0.3 is 19.9 Å². The molecule has 0 aromatic carbocycles. The fourth-order valence-corrected chi connectivity index (χ4v) is 2.78. The normalized spacial score (nSPS) is 21.4. The van der Waals surface area contributed by atoms with E-state index in [1.165, 1.54) is 0 Å². The van der Waals surface area contributed by atoms with E-state index in [-0.39, 0.29) is 18.8 Å². The lowest BCUT2D eigenvalue weighted by Gasteiger charge is -2.37. The van der Waals surface area contributed by atoms with Gasteiger partial charge in [-0.25, -0.2) is 15.0 Å². The average Bonchev–Trinajstić information content (AvgIpc) is 3.15. The molecule has 1 aliphatic rings. The van der Waals surface area contributed by atoms with E-state index in [0.29, 0.717) is 24.7 Å². The summed E-state index contributed by atoms with van der Waals surface area (Å²) in [6.07, 6.45) is 1.35. The molecule has 2 atom stereocenters. The summed E-state index contributed by atoms with van der Waals surface area (Å²) >= 11 is 0. The molecule has 0 saturated carbocycles. The Bertz CT molecular complexity index is 777. The highest BCUT2D eigenvalue weighted by Gasteiger charge is 2.30. The fraction of sp³-hybridized carbons (Fsp3) is 0.471. The van der Waals surface area contributed by atoms with Crippen molar-refractivity contribution in [1.29, 1.82) is 0 Å². The zero-order valence-electron chi connectivity index (χ0n) is 15.0. The van der Waals surface area contributed by atoms with Crippen LogP contribution in [0.4, 0.5) is 19.0 Å². The second kappa shape index (κ2) is 7.95. The van der Waals surface area contributed by atoms with Crippen LogP contribution in [-0.4, -0.2) is 45.3 Å². The Balaban J connectivity index is 1.67. The SMILES string of the molecule is C/C(=C\NCc1nccc(N2CC(C)OC(c3cnc[nH]3)C2)n1)C(F)(F)F. The van der Waals surface area contributed by atoms with Crippen molar-refractivity contribution < 1.29 is 17.9 Å². The third kappa shape index (κ3) is 4.97. The third-order valence-corrected chi connectivity index (χ3v) is 4.17. The Hall–Kier alpha value is -2.62. The number of halogens is 3. The Morgan fingerprint density at radius 3 is 2.96 bits per heavy atom. The maximum absolute atomic E-state index is 12.5. The number of allylic oxidation sites excluding steroid dienone is 1. The predicted molar refractivity (Wildman–Crippen MR) is 92.8 cm³/mol. The number of nitrogens with one attached hydrogen (secondary N) is 2. The van der Waals surface area contributed by atoms with Gasteiger partial charge in [0.05, 0.1) is 37.4 Å². The summed E-state index contributed by atoms with van der Waals surface area (Å²) in [6.45, 7) is 4.33. The lowest BCUT2D eigenvalue weighted by atomic mass is 10.2. The number of aromatic nitrogens is 4. The van der Waals surface area contributed by atoms with Crippen LogP contribution in [0, 0.1) is 0 Å². The minimum atomic E-state index is -4.35. The van der Waals surface area contributed by atoms with Crippen LogP contribution in [0.3, 0.4) is 0 Å². The summed E-state index contributed by atoms with van der Waals surface area (Å²) in [5, 5.41) is 2.61. The van der Waals surface area contributed by atoms with Crippen LogP contribution >= 0.6 is 0 Å². The summed E-state index contributed by atoms with van der Waals surface area (Å²) in [6, 6.07) is 1.78. The number of nitrogens with zero attached hydrogens (tertiary/aromatic N) is 4. The third-order valence-electron chi connectivity index (χ3n) is 4.17. The molecular weight excluding hydrogens is 361 g/mol. The number of anilines is 1. The molecule has 10 heteroatoms. The first-order valence-corrected chi connectivity index (χ1v) is 8.51. The van der Waals surface area contributed by atoms with E-state index in [9.17, 15) is 13.2 Å². The first-order valence-electron chi connectivity index (χ1n) is 8.51. The maximum atomic E-state index is 12.5. The number of ether oxygens (including phenoxy) is 1. The molecule has 3 rings (SSSR count). The lowest BCUT2D eigenvalue weighted by molar-refractivity contribution is -0.0917. The molecule has 1 aliphatic heterocycles. The van der Waals surface area contributed by atoms with Gasteiger partial charge in [-0.2, -0.15) is 13.2 Å². The first-order chi connectivity index (χ1) is 12.8. The molecule has 2 N–H and O–H groups in total. The van der Waals surface area contributed by atoms with Gasteiger partial charge in [0.2, 0.25) is 0 Å². The van der Waals surface area contributed by atoms with Gasteiger partial charge in [-0.05, 0) is 19.9 Å². The van der Waals surface area contributed by atoms with Crippen molar-refractivity contribution in [2.24, 2.45) is 0 Å². The van der Waals surface area contributed by atoms with E-state index in [4.69, 9.17) is 4.74 Å². The van der Waals surface area contributed by atoms with Crippen molar-refractivity contribution in [3.8, 4) is 0 Å². The quantitative estimate of drug-likeness (QED) is 0.828. The zero-order valence-corrected chi connectivity index (χ0v) is 15.0. The van der Waals surface area contributed by atoms with E-state index >= 15 is 0 Å². The molecule has 2 unspecified atom stereocenters. The van der Waals surface area contributed by atoms with Crippen molar-refractivity contribution in [3.63, 3.8) is 0 Å². The summed E-state index contributed by atoms with van der Waals surface area (Å²) < 4.78 is 43.5. The molecule has 0 radical (unpaired) electrons. The number of hydrogen-bond acceptors (Lipinski definition) is 6. The largest absolute Gasteiger partial charge is 0.413 e. The molecule has 2 aromatic heterocycles. The van der Waals surface area contributed by atoms with Gasteiger partial charge >= 0.3 is 6.18 Å². The molecular formula is C17H21F3N6O. The zero-order chi connectivity index (χ0) is 19.4. The molecule has 0 aliphatic carbocycles. The highest BCUT2D eigenvalue weighted by molar-refractivity contribution is 5.39. The standard InChI is InChI=1S/C17H21F3N6O/c1-11(17(18,19)20)5-21-7-15-23-4-3-16(25-15)26-8-12(2)27-14(9-26)13-6-22-10-24-13/h3-6,10,12,14,21H,7-9H2,1-2H3,(H,22,24)/b11-5+. The van der Waals surface area contributed by atoms with Crippen LogP contribution < -0.4 is 10.2 Å². The summed E-state index contributed by atoms with van der Waals surface area (Å²) in [7, 11) is 0. The second-order valence-electron chi connectivity index (χ2n) is 6.38. The highest BCUT2D eigenvalue weighted by Crippen LogP contribution is 2.26. The van der Waals surface area contributed by atoms with E-state index in [1.54, 1.807) is 24.8 Å². The van der Waals surface area contributed by atoms with Gasteiger partial charge in [0, 0.05) is 24.5 Å². The van der Waals surface area contributed by atoms with Gasteiger partial charge in [0.25, 0.3) is 0 Å². The predicted octanol–water partition coefficient (Wildman–Crippen LogP) is 2.72. The number of hydrogen-bond donors (Lipinski definition) is 2. The van der Waals surface area contributed by atoms with E-state index in [2.05, 4.69) is 30.2 Å². The average molecular weight is 382 g/mol. The van der Waals surface area contributed by atoms with E-state index in [0.717, 1.165) is 18.8 Å². The number of imidazole rings is 1. The topological polar surface area (TPSA) is 79.0 Å². The highest BCUT2D eigenvalue weighted by atomic mass is 19.4. The molecule has 0 spiro atoms. The smallest absolute Gasteiger partial charge is 0.383 e. The number of rotatable bonds is 5. The molecule has 1 fully saturated rings. The minimum absolute atomic E-state index is 0.0130. The summed E-state index contributed by atoms with van der Waals surface area (Å²) in [5.74, 6) is 1.12. The van der Waals surface area contributed by atoms with Gasteiger partial charge in [-0.1, -0.05) is 0 Å². The van der Waals surface area contributed by atoms with Crippen molar-refractivity contribution >= 4 is 5.82 Å². The molecule has 3 heterocycles. The Kier molecular flexibility index (Phi) is 5.64.